The van der Waals surface area contributed by atoms with E-state index in [9.17, 15) is 19.7 Å². The summed E-state index contributed by atoms with van der Waals surface area (Å²) in [5, 5.41) is 21.9. The van der Waals surface area contributed by atoms with Gasteiger partial charge in [0.1, 0.15) is 11.8 Å². The molecule has 0 aliphatic heterocycles. The SMILES string of the molecule is COc1cc(C(=O)N[C@@H](C)C(=O)O)cc([N+](=O)[O-])c1C. The third-order valence-corrected chi connectivity index (χ3v) is 2.73. The Morgan fingerprint density at radius 1 is 1.45 bits per heavy atom. The molecular weight excluding hydrogens is 268 g/mol. The molecule has 0 saturated carbocycles. The molecule has 0 bridgehead atoms. The molecule has 8 nitrogen and oxygen atoms in total. The zero-order valence-electron chi connectivity index (χ0n) is 11.2. The summed E-state index contributed by atoms with van der Waals surface area (Å²) >= 11 is 0. The minimum absolute atomic E-state index is 0.0350. The number of methoxy groups -OCH3 is 1. The molecule has 1 aromatic rings. The van der Waals surface area contributed by atoms with Gasteiger partial charge >= 0.3 is 5.97 Å². The first-order chi connectivity index (χ1) is 9.27. The molecule has 8 heteroatoms. The van der Waals surface area contributed by atoms with Crippen LogP contribution in [0.15, 0.2) is 12.1 Å². The van der Waals surface area contributed by atoms with E-state index in [2.05, 4.69) is 5.32 Å². The number of nitrogens with zero attached hydrogens (tertiary/aromatic N) is 1. The second-order valence-electron chi connectivity index (χ2n) is 4.11. The summed E-state index contributed by atoms with van der Waals surface area (Å²) in [7, 11) is 1.33. The first kappa shape index (κ1) is 15.4. The molecule has 0 saturated heterocycles. The quantitative estimate of drug-likeness (QED) is 0.617. The highest BCUT2D eigenvalue weighted by molar-refractivity contribution is 5.97. The zero-order chi connectivity index (χ0) is 15.4. The highest BCUT2D eigenvalue weighted by Gasteiger charge is 2.22. The number of nitrogens with one attached hydrogen (secondary N) is 1. The van der Waals surface area contributed by atoms with Crippen LogP contribution in [0.5, 0.6) is 5.75 Å². The third-order valence-electron chi connectivity index (χ3n) is 2.73. The van der Waals surface area contributed by atoms with Crippen LogP contribution in [-0.4, -0.2) is 35.1 Å². The lowest BCUT2D eigenvalue weighted by atomic mass is 10.1. The van der Waals surface area contributed by atoms with Crippen molar-refractivity contribution in [3.8, 4) is 5.75 Å². The maximum absolute atomic E-state index is 11.9. The van der Waals surface area contributed by atoms with E-state index in [1.807, 2.05) is 0 Å². The number of carbonyl (C=O) groups excluding carboxylic acids is 1. The fourth-order valence-electron chi connectivity index (χ4n) is 1.55. The smallest absolute Gasteiger partial charge is 0.325 e. The highest BCUT2D eigenvalue weighted by Crippen LogP contribution is 2.29. The summed E-state index contributed by atoms with van der Waals surface area (Å²) < 4.78 is 4.98. The normalized spacial score (nSPS) is 11.6. The number of nitro groups is 1. The number of benzene rings is 1. The number of aliphatic carboxylic acids is 1. The number of carboxylic acids is 1. The van der Waals surface area contributed by atoms with Crippen LogP contribution in [-0.2, 0) is 4.79 Å². The lowest BCUT2D eigenvalue weighted by Crippen LogP contribution is -2.38. The van der Waals surface area contributed by atoms with Gasteiger partial charge in [-0.05, 0) is 19.9 Å². The van der Waals surface area contributed by atoms with Gasteiger partial charge in [-0.1, -0.05) is 0 Å². The van der Waals surface area contributed by atoms with E-state index in [4.69, 9.17) is 9.84 Å². The molecule has 0 aromatic heterocycles. The van der Waals surface area contributed by atoms with Gasteiger partial charge in [0.25, 0.3) is 11.6 Å². The number of carboxylic acid groups (broad SMARTS) is 1. The van der Waals surface area contributed by atoms with Gasteiger partial charge < -0.3 is 15.2 Å². The maximum atomic E-state index is 11.9. The van der Waals surface area contributed by atoms with Gasteiger partial charge in [-0.3, -0.25) is 19.7 Å². The Kier molecular flexibility index (Phi) is 4.63. The largest absolute Gasteiger partial charge is 0.496 e. The summed E-state index contributed by atoms with van der Waals surface area (Å²) in [5.41, 5.74) is -0.00920. The van der Waals surface area contributed by atoms with E-state index in [-0.39, 0.29) is 17.0 Å². The molecule has 0 unspecified atom stereocenters. The monoisotopic (exact) mass is 282 g/mol. The first-order valence-corrected chi connectivity index (χ1v) is 5.64. The lowest BCUT2D eigenvalue weighted by Gasteiger charge is -2.11. The van der Waals surface area contributed by atoms with Crippen molar-refractivity contribution in [1.29, 1.82) is 0 Å². The first-order valence-electron chi connectivity index (χ1n) is 5.64. The Morgan fingerprint density at radius 2 is 2.05 bits per heavy atom. The van der Waals surface area contributed by atoms with Gasteiger partial charge in [-0.2, -0.15) is 0 Å². The van der Waals surface area contributed by atoms with Crippen molar-refractivity contribution >= 4 is 17.6 Å². The molecule has 0 heterocycles. The van der Waals surface area contributed by atoms with E-state index in [0.29, 0.717) is 5.56 Å². The van der Waals surface area contributed by atoms with Gasteiger partial charge in [0.05, 0.1) is 17.6 Å². The molecule has 20 heavy (non-hydrogen) atoms. The third kappa shape index (κ3) is 3.22. The summed E-state index contributed by atoms with van der Waals surface area (Å²) in [4.78, 5) is 32.8. The number of carbonyl (C=O) groups is 2. The van der Waals surface area contributed by atoms with Crippen LogP contribution >= 0.6 is 0 Å². The van der Waals surface area contributed by atoms with Crippen molar-refractivity contribution in [3.05, 3.63) is 33.4 Å². The number of nitro benzene ring substituents is 1. The fraction of sp³-hybridized carbons (Fsp3) is 0.333. The summed E-state index contributed by atoms with van der Waals surface area (Å²) in [6, 6.07) is 1.31. The van der Waals surface area contributed by atoms with Crippen molar-refractivity contribution in [2.75, 3.05) is 7.11 Å². The van der Waals surface area contributed by atoms with Crippen LogP contribution in [0.3, 0.4) is 0 Å². The molecule has 1 amide bonds. The molecular formula is C12H14N2O6. The van der Waals surface area contributed by atoms with Gasteiger partial charge in [0.15, 0.2) is 0 Å². The fourth-order valence-corrected chi connectivity index (χ4v) is 1.55. The van der Waals surface area contributed by atoms with Crippen LogP contribution in [0.2, 0.25) is 0 Å². The molecule has 0 aliphatic rings. The van der Waals surface area contributed by atoms with E-state index in [0.717, 1.165) is 6.07 Å². The van der Waals surface area contributed by atoms with Gasteiger partial charge in [0.2, 0.25) is 0 Å². The Morgan fingerprint density at radius 3 is 2.50 bits per heavy atom. The van der Waals surface area contributed by atoms with Crippen LogP contribution in [0.25, 0.3) is 0 Å². The zero-order valence-corrected chi connectivity index (χ0v) is 11.2. The molecule has 1 atom stereocenters. The Balaban J connectivity index is 3.18. The van der Waals surface area contributed by atoms with E-state index in [1.165, 1.54) is 27.0 Å². The number of amides is 1. The van der Waals surface area contributed by atoms with Crippen molar-refractivity contribution in [1.82, 2.24) is 5.32 Å². The highest BCUT2D eigenvalue weighted by atomic mass is 16.6. The van der Waals surface area contributed by atoms with Gasteiger partial charge in [0, 0.05) is 11.6 Å². The average Bonchev–Trinajstić information content (AvgIpc) is 2.38. The Labute approximate surface area is 114 Å². The molecule has 1 aromatic carbocycles. The summed E-state index contributed by atoms with van der Waals surface area (Å²) in [5.74, 6) is -1.74. The predicted octanol–water partition coefficient (Wildman–Crippen LogP) is 1.11. The predicted molar refractivity (Wildman–Crippen MR) is 68.9 cm³/mol. The van der Waals surface area contributed by atoms with Crippen LogP contribution in [0, 0.1) is 17.0 Å². The van der Waals surface area contributed by atoms with Crippen molar-refractivity contribution < 1.29 is 24.4 Å². The number of hydrogen-bond acceptors (Lipinski definition) is 5. The number of hydrogen-bond donors (Lipinski definition) is 2. The summed E-state index contributed by atoms with van der Waals surface area (Å²) in [6.45, 7) is 2.79. The molecule has 1 rings (SSSR count). The topological polar surface area (TPSA) is 119 Å². The van der Waals surface area contributed by atoms with E-state index < -0.39 is 22.8 Å². The van der Waals surface area contributed by atoms with Crippen molar-refractivity contribution in [3.63, 3.8) is 0 Å². The van der Waals surface area contributed by atoms with Crippen LogP contribution < -0.4 is 10.1 Å². The molecule has 0 radical (unpaired) electrons. The number of ether oxygens (including phenoxy) is 1. The second-order valence-corrected chi connectivity index (χ2v) is 4.11. The second kappa shape index (κ2) is 6.00. The standard InChI is InChI=1S/C12H14N2O6/c1-6-9(14(18)19)4-8(5-10(6)20-3)11(15)13-7(2)12(16)17/h4-5,7H,1-3H3,(H,13,15)(H,16,17)/t7-/m0/s1. The molecule has 0 fully saturated rings. The molecule has 2 N–H and O–H groups in total. The molecule has 108 valence electrons. The Hall–Kier alpha value is -2.64. The van der Waals surface area contributed by atoms with Crippen LogP contribution in [0.1, 0.15) is 22.8 Å². The maximum Gasteiger partial charge on any atom is 0.325 e. The van der Waals surface area contributed by atoms with Gasteiger partial charge in [-0.15, -0.1) is 0 Å². The lowest BCUT2D eigenvalue weighted by molar-refractivity contribution is -0.385. The average molecular weight is 282 g/mol. The molecule has 0 spiro atoms. The molecule has 0 aliphatic carbocycles. The van der Waals surface area contributed by atoms with Crippen molar-refractivity contribution in [2.24, 2.45) is 0 Å². The van der Waals surface area contributed by atoms with Gasteiger partial charge in [-0.25, -0.2) is 0 Å². The van der Waals surface area contributed by atoms with E-state index in [1.54, 1.807) is 0 Å². The van der Waals surface area contributed by atoms with E-state index >= 15 is 0 Å². The number of rotatable bonds is 5. The van der Waals surface area contributed by atoms with Crippen LogP contribution in [0.4, 0.5) is 5.69 Å². The minimum Gasteiger partial charge on any atom is -0.496 e. The van der Waals surface area contributed by atoms with Crippen molar-refractivity contribution in [2.45, 2.75) is 19.9 Å². The summed E-state index contributed by atoms with van der Waals surface area (Å²) in [6.07, 6.45) is 0. The minimum atomic E-state index is -1.20. The Bertz CT molecular complexity index is 569.